The van der Waals surface area contributed by atoms with Gasteiger partial charge in [-0.1, -0.05) is 18.9 Å². The molecule has 176 valence electrons. The lowest BCUT2D eigenvalue weighted by Gasteiger charge is -2.19. The zero-order valence-electron chi connectivity index (χ0n) is 18.6. The minimum atomic E-state index is -3.73. The monoisotopic (exact) mass is 471 g/mol. The standard InChI is InChI=1S/C23H27N3O3S.CH2O2/c1-29-19-11-13-25(15-19)18-8-4-9-20(14-18)30(27,28)26-16-21(17-6-2-3-7-17)23-22(26)10-5-12-24-23;2-1-3/h4-5,8-10,12,14,16-17,19H,2-3,6-7,11,13,15H2,1H3;1H,(H,2,3)/t19-;/m1./s1. The average Bonchev–Trinajstić information content (AvgIpc) is 3.59. The van der Waals surface area contributed by atoms with E-state index >= 15 is 0 Å². The van der Waals surface area contributed by atoms with Gasteiger partial charge in [0.1, 0.15) is 0 Å². The van der Waals surface area contributed by atoms with Gasteiger partial charge in [0.15, 0.2) is 0 Å². The molecule has 1 atom stereocenters. The molecular weight excluding hydrogens is 442 g/mol. The molecule has 3 heterocycles. The average molecular weight is 472 g/mol. The number of hydrogen-bond acceptors (Lipinski definition) is 6. The highest BCUT2D eigenvalue weighted by Gasteiger charge is 2.28. The molecule has 5 rings (SSSR count). The molecular formula is C24H29N3O5S. The largest absolute Gasteiger partial charge is 0.483 e. The van der Waals surface area contributed by atoms with E-state index in [1.54, 1.807) is 31.5 Å². The van der Waals surface area contributed by atoms with Crippen molar-refractivity contribution < 1.29 is 23.1 Å². The van der Waals surface area contributed by atoms with Gasteiger partial charge in [0.2, 0.25) is 0 Å². The first-order chi connectivity index (χ1) is 16.0. The summed E-state index contributed by atoms with van der Waals surface area (Å²) in [6.07, 6.45) is 9.28. The second-order valence-electron chi connectivity index (χ2n) is 8.43. The van der Waals surface area contributed by atoms with Crippen LogP contribution in [0.3, 0.4) is 0 Å². The Morgan fingerprint density at radius 2 is 1.91 bits per heavy atom. The van der Waals surface area contributed by atoms with Crippen LogP contribution in [0, 0.1) is 0 Å². The molecule has 2 aliphatic rings. The molecule has 1 saturated heterocycles. The third-order valence-electron chi connectivity index (χ3n) is 6.57. The smallest absolute Gasteiger partial charge is 0.290 e. The Bertz CT molecular complexity index is 1220. The first kappa shape index (κ1) is 23.3. The predicted octanol–water partition coefficient (Wildman–Crippen LogP) is 3.86. The summed E-state index contributed by atoms with van der Waals surface area (Å²) < 4.78 is 34.2. The molecule has 8 nitrogen and oxygen atoms in total. The zero-order chi connectivity index (χ0) is 23.4. The molecule has 0 unspecified atom stereocenters. The van der Waals surface area contributed by atoms with Crippen LogP contribution in [0.25, 0.3) is 11.0 Å². The maximum absolute atomic E-state index is 13.7. The normalized spacial score (nSPS) is 18.9. The second kappa shape index (κ2) is 9.93. The summed E-state index contributed by atoms with van der Waals surface area (Å²) in [6, 6.07) is 10.9. The number of rotatable bonds is 5. The number of fused-ring (bicyclic) bond motifs is 1. The molecule has 1 saturated carbocycles. The molecule has 0 amide bonds. The molecule has 3 aromatic rings. The van der Waals surface area contributed by atoms with E-state index in [4.69, 9.17) is 14.6 Å². The van der Waals surface area contributed by atoms with Crippen LogP contribution in [0.4, 0.5) is 5.69 Å². The number of benzene rings is 1. The molecule has 33 heavy (non-hydrogen) atoms. The summed E-state index contributed by atoms with van der Waals surface area (Å²) in [5, 5.41) is 6.89. The SMILES string of the molecule is CO[C@@H]1CCN(c2cccc(S(=O)(=O)n3cc(C4CCCC4)c4ncccc43)c2)C1.O=CO. The Morgan fingerprint density at radius 3 is 2.61 bits per heavy atom. The van der Waals surface area contributed by atoms with Gasteiger partial charge in [0.25, 0.3) is 16.5 Å². The topological polar surface area (TPSA) is 102 Å². The minimum Gasteiger partial charge on any atom is -0.483 e. The van der Waals surface area contributed by atoms with Crippen molar-refractivity contribution in [1.29, 1.82) is 0 Å². The summed E-state index contributed by atoms with van der Waals surface area (Å²) in [6.45, 7) is 1.40. The van der Waals surface area contributed by atoms with Gasteiger partial charge in [0.05, 0.1) is 22.0 Å². The van der Waals surface area contributed by atoms with Crippen molar-refractivity contribution in [3.63, 3.8) is 0 Å². The van der Waals surface area contributed by atoms with Gasteiger partial charge in [0, 0.05) is 43.8 Å². The fourth-order valence-electron chi connectivity index (χ4n) is 4.90. The van der Waals surface area contributed by atoms with Gasteiger partial charge in [-0.25, -0.2) is 12.4 Å². The quantitative estimate of drug-likeness (QED) is 0.564. The van der Waals surface area contributed by atoms with Crippen LogP contribution >= 0.6 is 0 Å². The van der Waals surface area contributed by atoms with Gasteiger partial charge in [-0.2, -0.15) is 0 Å². The van der Waals surface area contributed by atoms with Gasteiger partial charge in [-0.3, -0.25) is 9.78 Å². The number of pyridine rings is 1. The van der Waals surface area contributed by atoms with Crippen LogP contribution in [0.2, 0.25) is 0 Å². The molecule has 0 bridgehead atoms. The highest BCUT2D eigenvalue weighted by molar-refractivity contribution is 7.90. The van der Waals surface area contributed by atoms with Crippen molar-refractivity contribution in [1.82, 2.24) is 8.96 Å². The number of methoxy groups -OCH3 is 1. The maximum atomic E-state index is 13.7. The number of anilines is 1. The van der Waals surface area contributed by atoms with E-state index in [2.05, 4.69) is 9.88 Å². The van der Waals surface area contributed by atoms with Crippen molar-refractivity contribution >= 4 is 33.2 Å². The Hall–Kier alpha value is -2.91. The van der Waals surface area contributed by atoms with Gasteiger partial charge < -0.3 is 14.7 Å². The van der Waals surface area contributed by atoms with Gasteiger partial charge in [-0.15, -0.1) is 0 Å². The van der Waals surface area contributed by atoms with Crippen LogP contribution < -0.4 is 4.90 Å². The summed E-state index contributed by atoms with van der Waals surface area (Å²) >= 11 is 0. The maximum Gasteiger partial charge on any atom is 0.290 e. The van der Waals surface area contributed by atoms with Crippen molar-refractivity contribution in [2.75, 3.05) is 25.1 Å². The molecule has 1 aromatic carbocycles. The van der Waals surface area contributed by atoms with E-state index < -0.39 is 10.0 Å². The summed E-state index contributed by atoms with van der Waals surface area (Å²) in [5.74, 6) is 0.390. The number of hydrogen-bond donors (Lipinski definition) is 1. The predicted molar refractivity (Wildman–Crippen MR) is 126 cm³/mol. The molecule has 1 aliphatic carbocycles. The fraction of sp³-hybridized carbons (Fsp3) is 0.417. The first-order valence-electron chi connectivity index (χ1n) is 11.2. The highest BCUT2D eigenvalue weighted by atomic mass is 32.2. The highest BCUT2D eigenvalue weighted by Crippen LogP contribution is 2.39. The third kappa shape index (κ3) is 4.60. The van der Waals surface area contributed by atoms with Crippen molar-refractivity contribution in [3.8, 4) is 0 Å². The molecule has 9 heteroatoms. The molecule has 1 aliphatic heterocycles. The van der Waals surface area contributed by atoms with E-state index in [0.29, 0.717) is 16.3 Å². The van der Waals surface area contributed by atoms with Crippen molar-refractivity contribution in [2.24, 2.45) is 0 Å². The zero-order valence-corrected chi connectivity index (χ0v) is 19.4. The van der Waals surface area contributed by atoms with Crippen LogP contribution in [-0.2, 0) is 19.6 Å². The van der Waals surface area contributed by atoms with Crippen molar-refractivity contribution in [3.05, 3.63) is 54.4 Å². The fourth-order valence-corrected chi connectivity index (χ4v) is 6.30. The lowest BCUT2D eigenvalue weighted by atomic mass is 10.00. The lowest BCUT2D eigenvalue weighted by Crippen LogP contribution is -2.22. The second-order valence-corrected chi connectivity index (χ2v) is 10.2. The number of carboxylic acid groups (broad SMARTS) is 1. The van der Waals surface area contributed by atoms with E-state index in [-0.39, 0.29) is 12.6 Å². The third-order valence-corrected chi connectivity index (χ3v) is 8.24. The lowest BCUT2D eigenvalue weighted by molar-refractivity contribution is -0.122. The number of nitrogens with zero attached hydrogens (tertiary/aromatic N) is 3. The van der Waals surface area contributed by atoms with E-state index in [0.717, 1.165) is 49.1 Å². The minimum absolute atomic E-state index is 0.193. The van der Waals surface area contributed by atoms with E-state index in [9.17, 15) is 8.42 Å². The van der Waals surface area contributed by atoms with Gasteiger partial charge >= 0.3 is 0 Å². The number of aromatic nitrogens is 2. The molecule has 2 fully saturated rings. The molecule has 0 spiro atoms. The van der Waals surface area contributed by atoms with Crippen LogP contribution in [0.15, 0.2) is 53.7 Å². The Morgan fingerprint density at radius 1 is 1.15 bits per heavy atom. The van der Waals surface area contributed by atoms with Crippen LogP contribution in [0.5, 0.6) is 0 Å². The number of ether oxygens (including phenoxy) is 1. The molecule has 2 aromatic heterocycles. The molecule has 1 N–H and O–H groups in total. The summed E-state index contributed by atoms with van der Waals surface area (Å²) in [7, 11) is -2.00. The van der Waals surface area contributed by atoms with E-state index in [1.165, 1.54) is 16.8 Å². The van der Waals surface area contributed by atoms with E-state index in [1.807, 2.05) is 24.4 Å². The Balaban J connectivity index is 0.000000821. The van der Waals surface area contributed by atoms with Crippen molar-refractivity contribution in [2.45, 2.75) is 49.0 Å². The Labute approximate surface area is 193 Å². The summed E-state index contributed by atoms with van der Waals surface area (Å²) in [4.78, 5) is 15.4. The van der Waals surface area contributed by atoms with Gasteiger partial charge in [-0.05, 0) is 55.5 Å². The van der Waals surface area contributed by atoms with Crippen LogP contribution in [0.1, 0.15) is 43.6 Å². The first-order valence-corrected chi connectivity index (χ1v) is 12.6. The Kier molecular flexibility index (Phi) is 6.99. The van der Waals surface area contributed by atoms with Crippen LogP contribution in [-0.4, -0.2) is 55.3 Å². The number of carbonyl (C=O) groups is 1. The molecule has 0 radical (unpaired) electrons. The summed E-state index contributed by atoms with van der Waals surface area (Å²) in [5.41, 5.74) is 3.45.